The van der Waals surface area contributed by atoms with Gasteiger partial charge in [0, 0.05) is 5.56 Å². The number of ketones is 1. The van der Waals surface area contributed by atoms with Gasteiger partial charge in [0.15, 0.2) is 5.78 Å². The second kappa shape index (κ2) is 5.39. The van der Waals surface area contributed by atoms with Gasteiger partial charge in [-0.05, 0) is 26.0 Å². The summed E-state index contributed by atoms with van der Waals surface area (Å²) >= 11 is 0. The normalized spacial score (nSPS) is 11.8. The molecule has 0 heterocycles. The summed E-state index contributed by atoms with van der Waals surface area (Å²) in [6, 6.07) is 5.82. The predicted molar refractivity (Wildman–Crippen MR) is 63.2 cm³/mol. The molecule has 0 aromatic heterocycles. The Morgan fingerprint density at radius 3 is 2.47 bits per heavy atom. The van der Waals surface area contributed by atoms with Gasteiger partial charge in [0.25, 0.3) is 0 Å². The Hall–Kier alpha value is -1.24. The Morgan fingerprint density at radius 2 is 1.94 bits per heavy atom. The number of carbonyl (C=O) groups is 1. The van der Waals surface area contributed by atoms with E-state index in [9.17, 15) is 13.2 Å². The van der Waals surface area contributed by atoms with Gasteiger partial charge in [0.1, 0.15) is 6.61 Å². The van der Waals surface area contributed by atoms with Crippen molar-refractivity contribution in [2.45, 2.75) is 24.8 Å². The molecule has 0 unspecified atom stereocenters. The van der Waals surface area contributed by atoms with Gasteiger partial charge in [0.05, 0.1) is 11.0 Å². The third-order valence-corrected chi connectivity index (χ3v) is 3.01. The summed E-state index contributed by atoms with van der Waals surface area (Å²) in [5.74, 6) is -0.400. The van der Waals surface area contributed by atoms with Gasteiger partial charge in [-0.2, -0.15) is 0 Å². The lowest BCUT2D eigenvalue weighted by Gasteiger charge is -2.09. The van der Waals surface area contributed by atoms with Gasteiger partial charge in [-0.3, -0.25) is 4.79 Å². The van der Waals surface area contributed by atoms with Gasteiger partial charge in [-0.15, -0.1) is 0 Å². The minimum absolute atomic E-state index is 0.0654. The first-order valence-corrected chi connectivity index (χ1v) is 6.63. The molecule has 5 nitrogen and oxygen atoms in total. The molecule has 1 rings (SSSR count). The molecule has 0 saturated heterocycles. The van der Waals surface area contributed by atoms with Crippen LogP contribution in [0, 0.1) is 0 Å². The largest absolute Gasteiger partial charge is 0.371 e. The summed E-state index contributed by atoms with van der Waals surface area (Å²) in [5, 5.41) is 5.03. The van der Waals surface area contributed by atoms with E-state index in [0.717, 1.165) is 0 Å². The van der Waals surface area contributed by atoms with Crippen molar-refractivity contribution in [3.63, 3.8) is 0 Å². The van der Waals surface area contributed by atoms with Gasteiger partial charge in [0.2, 0.25) is 10.0 Å². The number of carbonyl (C=O) groups excluding carboxylic acids is 1. The SMILES string of the molecule is CC(C)OCC(=O)c1ccccc1S(N)(=O)=O. The first-order valence-electron chi connectivity index (χ1n) is 5.09. The van der Waals surface area contributed by atoms with Crippen LogP contribution in [0.25, 0.3) is 0 Å². The number of benzene rings is 1. The molecule has 17 heavy (non-hydrogen) atoms. The van der Waals surface area contributed by atoms with Crippen LogP contribution in [0.2, 0.25) is 0 Å². The standard InChI is InChI=1S/C11H15NO4S/c1-8(2)16-7-10(13)9-5-3-4-6-11(9)17(12,14)15/h3-6,8H,7H2,1-2H3,(H2,12,14,15). The topological polar surface area (TPSA) is 86.5 Å². The Bertz CT molecular complexity index is 508. The van der Waals surface area contributed by atoms with Crippen LogP contribution in [0.1, 0.15) is 24.2 Å². The van der Waals surface area contributed by atoms with E-state index in [-0.39, 0.29) is 23.2 Å². The van der Waals surface area contributed by atoms with Crippen molar-refractivity contribution < 1.29 is 17.9 Å². The summed E-state index contributed by atoms with van der Waals surface area (Å²) < 4.78 is 27.7. The maximum absolute atomic E-state index is 11.8. The number of primary sulfonamides is 1. The van der Waals surface area contributed by atoms with Gasteiger partial charge in [-0.1, -0.05) is 12.1 Å². The zero-order valence-corrected chi connectivity index (χ0v) is 10.5. The maximum atomic E-state index is 11.8. The van der Waals surface area contributed by atoms with Crippen molar-refractivity contribution >= 4 is 15.8 Å². The molecule has 0 spiro atoms. The zero-order chi connectivity index (χ0) is 13.1. The van der Waals surface area contributed by atoms with Crippen LogP contribution < -0.4 is 5.14 Å². The van der Waals surface area contributed by atoms with Gasteiger partial charge < -0.3 is 4.74 Å². The molecule has 2 N–H and O–H groups in total. The van der Waals surface area contributed by atoms with Crippen molar-refractivity contribution in [3.8, 4) is 0 Å². The first-order chi connectivity index (χ1) is 7.82. The molecule has 0 aliphatic carbocycles. The van der Waals surface area contributed by atoms with E-state index < -0.39 is 15.8 Å². The molecule has 0 aliphatic rings. The van der Waals surface area contributed by atoms with E-state index in [2.05, 4.69) is 0 Å². The molecule has 94 valence electrons. The third kappa shape index (κ3) is 3.92. The third-order valence-electron chi connectivity index (χ3n) is 2.04. The molecule has 0 saturated carbocycles. The average Bonchev–Trinajstić information content (AvgIpc) is 2.24. The molecule has 0 fully saturated rings. The van der Waals surface area contributed by atoms with Crippen molar-refractivity contribution in [3.05, 3.63) is 29.8 Å². The number of hydrogen-bond acceptors (Lipinski definition) is 4. The van der Waals surface area contributed by atoms with Crippen LogP contribution >= 0.6 is 0 Å². The second-order valence-corrected chi connectivity index (χ2v) is 5.35. The fourth-order valence-electron chi connectivity index (χ4n) is 1.27. The average molecular weight is 257 g/mol. The highest BCUT2D eigenvalue weighted by Gasteiger charge is 2.18. The monoisotopic (exact) mass is 257 g/mol. The predicted octanol–water partition coefficient (Wildman–Crippen LogP) is 0.942. The molecular formula is C11H15NO4S. The highest BCUT2D eigenvalue weighted by molar-refractivity contribution is 7.89. The van der Waals surface area contributed by atoms with Gasteiger partial charge >= 0.3 is 0 Å². The Kier molecular flexibility index (Phi) is 4.39. The number of rotatable bonds is 5. The molecule has 1 aromatic rings. The lowest BCUT2D eigenvalue weighted by molar-refractivity contribution is 0.0582. The number of sulfonamides is 1. The number of nitrogens with two attached hydrogens (primary N) is 1. The molecular weight excluding hydrogens is 242 g/mol. The quantitative estimate of drug-likeness (QED) is 0.795. The van der Waals surface area contributed by atoms with E-state index in [0.29, 0.717) is 0 Å². The van der Waals surface area contributed by atoms with Crippen molar-refractivity contribution in [2.75, 3.05) is 6.61 Å². The van der Waals surface area contributed by atoms with E-state index >= 15 is 0 Å². The summed E-state index contributed by atoms with van der Waals surface area (Å²) in [7, 11) is -3.89. The Labute approximate surface area is 101 Å². The van der Waals surface area contributed by atoms with Gasteiger partial charge in [-0.25, -0.2) is 13.6 Å². The minimum atomic E-state index is -3.89. The van der Waals surface area contributed by atoms with Crippen molar-refractivity contribution in [1.29, 1.82) is 0 Å². The lowest BCUT2D eigenvalue weighted by Crippen LogP contribution is -2.20. The van der Waals surface area contributed by atoms with Crippen molar-refractivity contribution in [2.24, 2.45) is 5.14 Å². The molecule has 1 aromatic carbocycles. The summed E-state index contributed by atoms with van der Waals surface area (Å²) in [4.78, 5) is 11.6. The molecule has 6 heteroatoms. The second-order valence-electron chi connectivity index (χ2n) is 3.82. The molecule has 0 aliphatic heterocycles. The summed E-state index contributed by atoms with van der Waals surface area (Å²) in [5.41, 5.74) is 0.0654. The highest BCUT2D eigenvalue weighted by atomic mass is 32.2. The fraction of sp³-hybridized carbons (Fsp3) is 0.364. The number of Topliss-reactive ketones (excluding diaryl/α,β-unsaturated/α-hetero) is 1. The summed E-state index contributed by atoms with van der Waals surface area (Å²) in [6.45, 7) is 3.42. The van der Waals surface area contributed by atoms with Crippen LogP contribution in [-0.2, 0) is 14.8 Å². The van der Waals surface area contributed by atoms with Crippen LogP contribution in [-0.4, -0.2) is 26.9 Å². The summed E-state index contributed by atoms with van der Waals surface area (Å²) in [6.07, 6.45) is -0.0967. The van der Waals surface area contributed by atoms with Crippen LogP contribution in [0.5, 0.6) is 0 Å². The van der Waals surface area contributed by atoms with E-state index in [1.165, 1.54) is 18.2 Å². The molecule has 0 amide bonds. The Balaban J connectivity index is 3.02. The van der Waals surface area contributed by atoms with E-state index in [1.54, 1.807) is 19.9 Å². The molecule has 0 atom stereocenters. The fourth-order valence-corrected chi connectivity index (χ4v) is 2.02. The zero-order valence-electron chi connectivity index (χ0n) is 9.71. The highest BCUT2D eigenvalue weighted by Crippen LogP contribution is 2.14. The van der Waals surface area contributed by atoms with Crippen LogP contribution in [0.4, 0.5) is 0 Å². The Morgan fingerprint density at radius 1 is 1.35 bits per heavy atom. The first kappa shape index (κ1) is 13.8. The molecule has 0 radical (unpaired) electrons. The van der Waals surface area contributed by atoms with Crippen molar-refractivity contribution in [1.82, 2.24) is 0 Å². The van der Waals surface area contributed by atoms with E-state index in [1.807, 2.05) is 0 Å². The van der Waals surface area contributed by atoms with E-state index in [4.69, 9.17) is 9.88 Å². The maximum Gasteiger partial charge on any atom is 0.238 e. The van der Waals surface area contributed by atoms with Crippen LogP contribution in [0.3, 0.4) is 0 Å². The molecule has 0 bridgehead atoms. The number of ether oxygens (including phenoxy) is 1. The minimum Gasteiger partial charge on any atom is -0.371 e. The lowest BCUT2D eigenvalue weighted by atomic mass is 10.1. The smallest absolute Gasteiger partial charge is 0.238 e. The van der Waals surface area contributed by atoms with Crippen LogP contribution in [0.15, 0.2) is 29.2 Å². The number of hydrogen-bond donors (Lipinski definition) is 1.